The van der Waals surface area contributed by atoms with Gasteiger partial charge >= 0.3 is 5.97 Å². The topological polar surface area (TPSA) is 59.3 Å². The summed E-state index contributed by atoms with van der Waals surface area (Å²) in [4.78, 5) is 11.8. The molecule has 0 heterocycles. The van der Waals surface area contributed by atoms with Crippen LogP contribution in [0.4, 0.5) is 4.39 Å². The minimum Gasteiger partial charge on any atom is -0.456 e. The van der Waals surface area contributed by atoms with Crippen LogP contribution in [0.15, 0.2) is 23.8 Å². The van der Waals surface area contributed by atoms with Gasteiger partial charge in [0.15, 0.2) is 0 Å². The lowest BCUT2D eigenvalue weighted by molar-refractivity contribution is -0.145. The molecule has 0 aliphatic rings. The van der Waals surface area contributed by atoms with Crippen molar-refractivity contribution in [3.05, 3.63) is 40.2 Å². The Morgan fingerprint density at radius 3 is 2.85 bits per heavy atom. The molecule has 0 saturated heterocycles. The normalized spacial score (nSPS) is 12.7. The number of carbonyl (C=O) groups is 1. The molecule has 1 aromatic rings. The van der Waals surface area contributed by atoms with Crippen LogP contribution < -0.4 is 0 Å². The molecular weight excluding hydrogens is 285 g/mol. The Hall–Kier alpha value is -1.90. The smallest absolute Gasteiger partial charge is 0.349 e. The van der Waals surface area contributed by atoms with E-state index in [1.54, 1.807) is 13.0 Å². The quantitative estimate of drug-likeness (QED) is 0.476. The third kappa shape index (κ3) is 4.34. The first-order valence-corrected chi connectivity index (χ1v) is 6.13. The number of hydrogen-bond donors (Lipinski definition) is 0. The van der Waals surface area contributed by atoms with E-state index in [9.17, 15) is 9.18 Å². The fourth-order valence-corrected chi connectivity index (χ4v) is 1.66. The highest BCUT2D eigenvalue weighted by Crippen LogP contribution is 2.22. The number of halogens is 2. The summed E-state index contributed by atoms with van der Waals surface area (Å²) in [5.41, 5.74) is -0.359. The van der Waals surface area contributed by atoms with Crippen molar-refractivity contribution in [2.75, 3.05) is 13.7 Å². The lowest BCUT2D eigenvalue weighted by atomic mass is 10.1. The molecule has 0 aliphatic heterocycles. The van der Waals surface area contributed by atoms with Gasteiger partial charge in [0.2, 0.25) is 0 Å². The van der Waals surface area contributed by atoms with Crippen molar-refractivity contribution in [1.29, 1.82) is 5.26 Å². The summed E-state index contributed by atoms with van der Waals surface area (Å²) < 4.78 is 23.4. The van der Waals surface area contributed by atoms with Crippen LogP contribution in [0.2, 0.25) is 5.02 Å². The van der Waals surface area contributed by atoms with Crippen LogP contribution in [-0.2, 0) is 14.3 Å². The van der Waals surface area contributed by atoms with Crippen molar-refractivity contribution < 1.29 is 18.7 Å². The van der Waals surface area contributed by atoms with Gasteiger partial charge in [-0.3, -0.25) is 0 Å². The highest BCUT2D eigenvalue weighted by molar-refractivity contribution is 6.32. The second kappa shape index (κ2) is 7.63. The van der Waals surface area contributed by atoms with Crippen molar-refractivity contribution in [2.24, 2.45) is 0 Å². The molecule has 1 aromatic carbocycles. The van der Waals surface area contributed by atoms with Crippen LogP contribution in [0.1, 0.15) is 12.5 Å². The fourth-order valence-electron chi connectivity index (χ4n) is 1.44. The number of carbonyl (C=O) groups excluding carboxylic acids is 1. The minimum absolute atomic E-state index is 0.0259. The summed E-state index contributed by atoms with van der Waals surface area (Å²) in [6, 6.07) is 5.75. The summed E-state index contributed by atoms with van der Waals surface area (Å²) in [7, 11) is 1.46. The van der Waals surface area contributed by atoms with Crippen molar-refractivity contribution in [3.63, 3.8) is 0 Å². The molecule has 0 aliphatic carbocycles. The van der Waals surface area contributed by atoms with Crippen LogP contribution in [0.5, 0.6) is 0 Å². The maximum absolute atomic E-state index is 13.6. The highest BCUT2D eigenvalue weighted by Gasteiger charge is 2.16. The summed E-state index contributed by atoms with van der Waals surface area (Å²) in [6.45, 7) is 1.82. The molecule has 0 bridgehead atoms. The zero-order valence-corrected chi connectivity index (χ0v) is 11.8. The molecule has 1 rings (SSSR count). The van der Waals surface area contributed by atoms with Crippen LogP contribution in [0.3, 0.4) is 0 Å². The Morgan fingerprint density at radius 2 is 2.30 bits per heavy atom. The minimum atomic E-state index is -0.851. The Balaban J connectivity index is 2.99. The van der Waals surface area contributed by atoms with E-state index < -0.39 is 17.9 Å². The largest absolute Gasteiger partial charge is 0.456 e. The van der Waals surface area contributed by atoms with Crippen LogP contribution in [0.25, 0.3) is 6.08 Å². The van der Waals surface area contributed by atoms with Gasteiger partial charge in [-0.05, 0) is 25.1 Å². The van der Waals surface area contributed by atoms with E-state index in [2.05, 4.69) is 0 Å². The zero-order chi connectivity index (χ0) is 15.1. The lowest BCUT2D eigenvalue weighted by Crippen LogP contribution is -2.20. The molecule has 20 heavy (non-hydrogen) atoms. The average Bonchev–Trinajstić information content (AvgIpc) is 2.38. The molecule has 106 valence electrons. The number of rotatable bonds is 5. The van der Waals surface area contributed by atoms with Gasteiger partial charge in [-0.1, -0.05) is 17.7 Å². The number of benzene rings is 1. The van der Waals surface area contributed by atoms with Crippen LogP contribution in [0, 0.1) is 17.1 Å². The van der Waals surface area contributed by atoms with E-state index in [0.717, 1.165) is 6.08 Å². The molecular formula is C14H13ClFNO3. The van der Waals surface area contributed by atoms with E-state index in [4.69, 9.17) is 26.3 Å². The van der Waals surface area contributed by atoms with Gasteiger partial charge in [-0.15, -0.1) is 0 Å². The van der Waals surface area contributed by atoms with Gasteiger partial charge in [0.1, 0.15) is 23.6 Å². The van der Waals surface area contributed by atoms with Gasteiger partial charge in [-0.2, -0.15) is 5.26 Å². The average molecular weight is 298 g/mol. The third-order valence-electron chi connectivity index (χ3n) is 2.34. The molecule has 0 unspecified atom stereocenters. The molecule has 1 atom stereocenters. The second-order valence-electron chi connectivity index (χ2n) is 3.98. The van der Waals surface area contributed by atoms with Crippen molar-refractivity contribution in [2.45, 2.75) is 13.0 Å². The van der Waals surface area contributed by atoms with E-state index in [-0.39, 0.29) is 22.8 Å². The van der Waals surface area contributed by atoms with Crippen LogP contribution in [-0.4, -0.2) is 25.8 Å². The Labute approximate surface area is 121 Å². The summed E-state index contributed by atoms with van der Waals surface area (Å²) in [6.07, 6.45) is 0.555. The molecule has 0 fully saturated rings. The SMILES string of the molecule is COC[C@@H](C)OC(=O)/C(C#N)=C/c1c(F)cccc1Cl. The van der Waals surface area contributed by atoms with Gasteiger partial charge in [0.05, 0.1) is 11.6 Å². The van der Waals surface area contributed by atoms with Gasteiger partial charge in [-0.25, -0.2) is 9.18 Å². The molecule has 0 N–H and O–H groups in total. The molecule has 4 nitrogen and oxygen atoms in total. The molecule has 0 aromatic heterocycles. The monoisotopic (exact) mass is 297 g/mol. The van der Waals surface area contributed by atoms with Gasteiger partial charge in [0, 0.05) is 12.7 Å². The number of nitrogens with zero attached hydrogens (tertiary/aromatic N) is 1. The predicted molar refractivity (Wildman–Crippen MR) is 72.4 cm³/mol. The van der Waals surface area contributed by atoms with Gasteiger partial charge < -0.3 is 9.47 Å². The number of hydrogen-bond acceptors (Lipinski definition) is 4. The molecule has 0 amide bonds. The number of ether oxygens (including phenoxy) is 2. The number of esters is 1. The Kier molecular flexibility index (Phi) is 6.16. The first-order valence-electron chi connectivity index (χ1n) is 5.75. The van der Waals surface area contributed by atoms with Crippen molar-refractivity contribution in [3.8, 4) is 6.07 Å². The Morgan fingerprint density at radius 1 is 1.60 bits per heavy atom. The van der Waals surface area contributed by atoms with E-state index in [1.807, 2.05) is 0 Å². The molecule has 0 saturated carbocycles. The highest BCUT2D eigenvalue weighted by atomic mass is 35.5. The predicted octanol–water partition coefficient (Wildman–Crippen LogP) is 2.96. The summed E-state index contributed by atoms with van der Waals surface area (Å²) in [5.74, 6) is -1.47. The van der Waals surface area contributed by atoms with Crippen molar-refractivity contribution >= 4 is 23.6 Å². The fraction of sp³-hybridized carbons (Fsp3) is 0.286. The Bertz CT molecular complexity index is 546. The number of methoxy groups -OCH3 is 1. The molecule has 0 spiro atoms. The number of nitriles is 1. The standard InChI is InChI=1S/C14H13ClFNO3/c1-9(8-19-2)20-14(18)10(7-17)6-11-12(15)4-3-5-13(11)16/h3-6,9H,8H2,1-2H3/b10-6+/t9-/m1/s1. The summed E-state index contributed by atoms with van der Waals surface area (Å²) >= 11 is 5.82. The van der Waals surface area contributed by atoms with E-state index >= 15 is 0 Å². The third-order valence-corrected chi connectivity index (χ3v) is 2.67. The first-order chi connectivity index (χ1) is 9.49. The van der Waals surface area contributed by atoms with Gasteiger partial charge in [0.25, 0.3) is 0 Å². The van der Waals surface area contributed by atoms with Crippen molar-refractivity contribution in [1.82, 2.24) is 0 Å². The lowest BCUT2D eigenvalue weighted by Gasteiger charge is -2.11. The van der Waals surface area contributed by atoms with E-state index in [0.29, 0.717) is 0 Å². The summed E-state index contributed by atoms with van der Waals surface area (Å²) in [5, 5.41) is 9.07. The zero-order valence-electron chi connectivity index (χ0n) is 11.0. The molecule has 6 heteroatoms. The maximum Gasteiger partial charge on any atom is 0.349 e. The maximum atomic E-state index is 13.6. The second-order valence-corrected chi connectivity index (χ2v) is 4.38. The molecule has 0 radical (unpaired) electrons. The van der Waals surface area contributed by atoms with E-state index in [1.165, 1.54) is 25.3 Å². The first kappa shape index (κ1) is 16.2. The van der Waals surface area contributed by atoms with Crippen LogP contribution >= 0.6 is 11.6 Å².